The van der Waals surface area contributed by atoms with Crippen molar-refractivity contribution < 1.29 is 14.7 Å². The highest BCUT2D eigenvalue weighted by atomic mass is 16.3. The van der Waals surface area contributed by atoms with Gasteiger partial charge in [0.25, 0.3) is 5.91 Å². The van der Waals surface area contributed by atoms with Crippen molar-refractivity contribution in [1.82, 2.24) is 4.98 Å². The lowest BCUT2D eigenvalue weighted by Gasteiger charge is -2.34. The summed E-state index contributed by atoms with van der Waals surface area (Å²) in [6, 6.07) is 3.29. The molecule has 5 nitrogen and oxygen atoms in total. The second-order valence-corrected chi connectivity index (χ2v) is 6.53. The second-order valence-electron chi connectivity index (χ2n) is 6.53. The van der Waals surface area contributed by atoms with Gasteiger partial charge in [-0.1, -0.05) is 19.3 Å². The number of ketones is 1. The molecule has 2 heterocycles. The third-order valence-electron chi connectivity index (χ3n) is 4.87. The predicted octanol–water partition coefficient (Wildman–Crippen LogP) is 3.09. The van der Waals surface area contributed by atoms with Crippen LogP contribution in [-0.4, -0.2) is 27.8 Å². The molecule has 1 unspecified atom stereocenters. The van der Waals surface area contributed by atoms with Crippen molar-refractivity contribution in [2.24, 2.45) is 5.92 Å². The number of aromatic nitrogens is 1. The molecule has 1 amide bonds. The van der Waals surface area contributed by atoms with E-state index in [0.717, 1.165) is 31.2 Å². The molecule has 0 saturated heterocycles. The Morgan fingerprint density at radius 2 is 2.00 bits per heavy atom. The summed E-state index contributed by atoms with van der Waals surface area (Å²) in [7, 11) is 0. The summed E-state index contributed by atoms with van der Waals surface area (Å²) >= 11 is 0. The van der Waals surface area contributed by atoms with E-state index < -0.39 is 17.7 Å². The van der Waals surface area contributed by atoms with Crippen LogP contribution in [-0.2, 0) is 9.59 Å². The van der Waals surface area contributed by atoms with Gasteiger partial charge in [-0.2, -0.15) is 0 Å². The molecule has 1 aromatic rings. The minimum Gasteiger partial charge on any atom is -0.503 e. The average Bonchev–Trinajstić information content (AvgIpc) is 2.80. The zero-order chi connectivity index (χ0) is 16.6. The van der Waals surface area contributed by atoms with Crippen LogP contribution in [0.5, 0.6) is 0 Å². The molecule has 0 radical (unpaired) electrons. The highest BCUT2D eigenvalue weighted by Crippen LogP contribution is 2.39. The van der Waals surface area contributed by atoms with E-state index in [4.69, 9.17) is 0 Å². The minimum atomic E-state index is -0.510. The fraction of sp³-hybridized carbons (Fsp3) is 0.500. The fourth-order valence-corrected chi connectivity index (χ4v) is 3.79. The summed E-state index contributed by atoms with van der Waals surface area (Å²) in [5.74, 6) is -0.450. The highest BCUT2D eigenvalue weighted by Gasteiger charge is 2.46. The first-order valence-corrected chi connectivity index (χ1v) is 8.21. The lowest BCUT2D eigenvalue weighted by atomic mass is 9.80. The van der Waals surface area contributed by atoms with E-state index >= 15 is 0 Å². The number of amides is 1. The van der Waals surface area contributed by atoms with Gasteiger partial charge in [0.15, 0.2) is 11.5 Å². The Morgan fingerprint density at radius 3 is 2.61 bits per heavy atom. The molecular formula is C18H22N2O3. The van der Waals surface area contributed by atoms with Crippen LogP contribution in [0.1, 0.15) is 44.6 Å². The maximum absolute atomic E-state index is 12.6. The van der Waals surface area contributed by atoms with Crippen molar-refractivity contribution in [3.63, 3.8) is 0 Å². The van der Waals surface area contributed by atoms with E-state index in [0.29, 0.717) is 5.82 Å². The summed E-state index contributed by atoms with van der Waals surface area (Å²) < 4.78 is 0. The molecule has 1 N–H and O–H groups in total. The smallest absolute Gasteiger partial charge is 0.295 e. The zero-order valence-electron chi connectivity index (χ0n) is 13.6. The SMILES string of the molecule is CC(=O)C1=C(O)C(=O)N(c2cc(C)ccn2)C1C1CCCCC1. The van der Waals surface area contributed by atoms with Crippen molar-refractivity contribution in [3.05, 3.63) is 35.2 Å². The number of hydrogen-bond acceptors (Lipinski definition) is 4. The maximum atomic E-state index is 12.6. The van der Waals surface area contributed by atoms with E-state index in [9.17, 15) is 14.7 Å². The molecule has 0 bridgehead atoms. The molecule has 1 atom stereocenters. The number of pyridine rings is 1. The van der Waals surface area contributed by atoms with Gasteiger partial charge in [-0.3, -0.25) is 14.5 Å². The number of aliphatic hydroxyl groups excluding tert-OH is 1. The molecule has 0 aromatic carbocycles. The molecule has 3 rings (SSSR count). The lowest BCUT2D eigenvalue weighted by molar-refractivity contribution is -0.117. The third-order valence-corrected chi connectivity index (χ3v) is 4.87. The number of anilines is 1. The monoisotopic (exact) mass is 314 g/mol. The summed E-state index contributed by atoms with van der Waals surface area (Å²) in [6.45, 7) is 3.35. The number of carbonyl (C=O) groups excluding carboxylic acids is 2. The van der Waals surface area contributed by atoms with Crippen molar-refractivity contribution in [2.75, 3.05) is 4.90 Å². The number of carbonyl (C=O) groups is 2. The number of aliphatic hydroxyl groups is 1. The molecule has 1 saturated carbocycles. The first kappa shape index (κ1) is 15.7. The van der Waals surface area contributed by atoms with Crippen LogP contribution in [0.3, 0.4) is 0 Å². The highest BCUT2D eigenvalue weighted by molar-refractivity contribution is 6.15. The van der Waals surface area contributed by atoms with Crippen LogP contribution >= 0.6 is 0 Å². The van der Waals surface area contributed by atoms with E-state index in [-0.39, 0.29) is 17.3 Å². The second kappa shape index (κ2) is 6.14. The summed E-state index contributed by atoms with van der Waals surface area (Å²) in [5, 5.41) is 10.3. The normalized spacial score (nSPS) is 22.8. The quantitative estimate of drug-likeness (QED) is 0.930. The lowest BCUT2D eigenvalue weighted by Crippen LogP contribution is -2.43. The standard InChI is InChI=1S/C18H22N2O3/c1-11-8-9-19-14(10-11)20-16(13-6-4-3-5-7-13)15(12(2)21)17(22)18(20)23/h8-10,13,16,22H,3-7H2,1-2H3. The Balaban J connectivity index is 2.06. The number of nitrogens with zero attached hydrogens (tertiary/aromatic N) is 2. The topological polar surface area (TPSA) is 70.5 Å². The van der Waals surface area contributed by atoms with Crippen molar-refractivity contribution in [1.29, 1.82) is 0 Å². The third kappa shape index (κ3) is 2.76. The van der Waals surface area contributed by atoms with Crippen molar-refractivity contribution in [2.45, 2.75) is 52.0 Å². The van der Waals surface area contributed by atoms with Gasteiger partial charge in [-0.05, 0) is 50.3 Å². The van der Waals surface area contributed by atoms with Gasteiger partial charge in [0.05, 0.1) is 11.6 Å². The molecule has 1 aliphatic heterocycles. The largest absolute Gasteiger partial charge is 0.503 e. The predicted molar refractivity (Wildman–Crippen MR) is 87.2 cm³/mol. The number of rotatable bonds is 3. The molecule has 1 aliphatic carbocycles. The minimum absolute atomic E-state index is 0.193. The first-order valence-electron chi connectivity index (χ1n) is 8.21. The van der Waals surface area contributed by atoms with Gasteiger partial charge >= 0.3 is 0 Å². The molecule has 0 spiro atoms. The van der Waals surface area contributed by atoms with Gasteiger partial charge in [-0.15, -0.1) is 0 Å². The Kier molecular flexibility index (Phi) is 4.20. The molecular weight excluding hydrogens is 292 g/mol. The molecule has 2 aliphatic rings. The Labute approximate surface area is 136 Å². The Hall–Kier alpha value is -2.17. The van der Waals surface area contributed by atoms with Gasteiger partial charge in [0, 0.05) is 6.20 Å². The Morgan fingerprint density at radius 1 is 1.30 bits per heavy atom. The van der Waals surface area contributed by atoms with Crippen molar-refractivity contribution in [3.8, 4) is 0 Å². The summed E-state index contributed by atoms with van der Waals surface area (Å²) in [5.41, 5.74) is 1.24. The molecule has 5 heteroatoms. The number of Topliss-reactive ketones (excluding diaryl/α,β-unsaturated/α-hetero) is 1. The van der Waals surface area contributed by atoms with Crippen LogP contribution in [0.4, 0.5) is 5.82 Å². The van der Waals surface area contributed by atoms with E-state index in [2.05, 4.69) is 4.98 Å². The number of hydrogen-bond donors (Lipinski definition) is 1. The van der Waals surface area contributed by atoms with E-state index in [1.165, 1.54) is 18.2 Å². The zero-order valence-corrected chi connectivity index (χ0v) is 13.6. The van der Waals surface area contributed by atoms with Crippen LogP contribution in [0.2, 0.25) is 0 Å². The first-order chi connectivity index (χ1) is 11.0. The van der Waals surface area contributed by atoms with Gasteiger partial charge in [0.1, 0.15) is 5.82 Å². The van der Waals surface area contributed by atoms with Crippen LogP contribution in [0, 0.1) is 12.8 Å². The molecule has 122 valence electrons. The number of aryl methyl sites for hydroxylation is 1. The maximum Gasteiger partial charge on any atom is 0.295 e. The molecule has 1 aromatic heterocycles. The van der Waals surface area contributed by atoms with Crippen LogP contribution in [0.25, 0.3) is 0 Å². The summed E-state index contributed by atoms with van der Waals surface area (Å²) in [4.78, 5) is 30.5. The van der Waals surface area contributed by atoms with Crippen LogP contribution in [0.15, 0.2) is 29.7 Å². The van der Waals surface area contributed by atoms with Gasteiger partial charge < -0.3 is 5.11 Å². The van der Waals surface area contributed by atoms with Crippen LogP contribution < -0.4 is 4.90 Å². The van der Waals surface area contributed by atoms with Gasteiger partial charge in [0.2, 0.25) is 0 Å². The van der Waals surface area contributed by atoms with E-state index in [1.807, 2.05) is 19.1 Å². The summed E-state index contributed by atoms with van der Waals surface area (Å²) in [6.07, 6.45) is 6.95. The average molecular weight is 314 g/mol. The van der Waals surface area contributed by atoms with Crippen molar-refractivity contribution >= 4 is 17.5 Å². The molecule has 23 heavy (non-hydrogen) atoms. The van der Waals surface area contributed by atoms with E-state index in [1.54, 1.807) is 6.20 Å². The van der Waals surface area contributed by atoms with Gasteiger partial charge in [-0.25, -0.2) is 4.98 Å². The fourth-order valence-electron chi connectivity index (χ4n) is 3.79. The molecule has 1 fully saturated rings. The Bertz CT molecular complexity index is 675.